The van der Waals surface area contributed by atoms with E-state index in [1.54, 1.807) is 13.0 Å². The van der Waals surface area contributed by atoms with Gasteiger partial charge in [-0.3, -0.25) is 4.79 Å². The fourth-order valence-corrected chi connectivity index (χ4v) is 1.56. The monoisotopic (exact) mass is 264 g/mol. The zero-order chi connectivity index (χ0) is 14.7. The summed E-state index contributed by atoms with van der Waals surface area (Å²) in [4.78, 5) is 19.7. The van der Waals surface area contributed by atoms with E-state index in [2.05, 4.69) is 19.1 Å². The van der Waals surface area contributed by atoms with Crippen LogP contribution in [0.4, 0.5) is 4.79 Å². The van der Waals surface area contributed by atoms with Crippen LogP contribution in [0.15, 0.2) is 36.4 Å². The average Bonchev–Trinajstić information content (AvgIpc) is 2.34. The third-order valence-corrected chi connectivity index (χ3v) is 2.32. The number of carbonyl (C=O) groups excluding carboxylic acids is 1. The maximum Gasteiger partial charge on any atom is 0.503 e. The molecule has 0 fully saturated rings. The highest BCUT2D eigenvalue weighted by Crippen LogP contribution is 2.20. The molecule has 1 aromatic rings. The van der Waals surface area contributed by atoms with Crippen molar-refractivity contribution in [3.05, 3.63) is 42.0 Å². The first kappa shape index (κ1) is 16.9. The Bertz CT molecular complexity index is 417. The summed E-state index contributed by atoms with van der Waals surface area (Å²) < 4.78 is 0. The van der Waals surface area contributed by atoms with Crippen molar-refractivity contribution >= 4 is 17.5 Å². The standard InChI is InChI=1S/C14H18O.CH2O3/c1-3-4-8-14(11-12(2)15)13-9-6-5-7-10-13;2-1(3)4/h5-7,9-11H,3-4,8H2,1-2H3;(H2,2,3,4). The van der Waals surface area contributed by atoms with E-state index in [0.29, 0.717) is 0 Å². The van der Waals surface area contributed by atoms with Crippen LogP contribution in [0, 0.1) is 0 Å². The van der Waals surface area contributed by atoms with Gasteiger partial charge in [0, 0.05) is 0 Å². The molecule has 0 heterocycles. The van der Waals surface area contributed by atoms with Crippen LogP contribution in [0.25, 0.3) is 5.57 Å². The van der Waals surface area contributed by atoms with E-state index in [-0.39, 0.29) is 5.78 Å². The minimum Gasteiger partial charge on any atom is -0.450 e. The van der Waals surface area contributed by atoms with Gasteiger partial charge < -0.3 is 10.2 Å². The van der Waals surface area contributed by atoms with Crippen molar-refractivity contribution in [3.63, 3.8) is 0 Å². The highest BCUT2D eigenvalue weighted by Gasteiger charge is 2.01. The van der Waals surface area contributed by atoms with Crippen molar-refractivity contribution in [1.82, 2.24) is 0 Å². The van der Waals surface area contributed by atoms with Crippen LogP contribution in [0.3, 0.4) is 0 Å². The van der Waals surface area contributed by atoms with Crippen LogP contribution in [0.5, 0.6) is 0 Å². The van der Waals surface area contributed by atoms with Gasteiger partial charge in [0.05, 0.1) is 0 Å². The Balaban J connectivity index is 0.000000711. The van der Waals surface area contributed by atoms with Gasteiger partial charge in [0.1, 0.15) is 0 Å². The number of hydrogen-bond acceptors (Lipinski definition) is 2. The molecule has 0 unspecified atom stereocenters. The van der Waals surface area contributed by atoms with E-state index in [4.69, 9.17) is 15.0 Å². The Labute approximate surface area is 113 Å². The lowest BCUT2D eigenvalue weighted by molar-refractivity contribution is -0.112. The largest absolute Gasteiger partial charge is 0.503 e. The van der Waals surface area contributed by atoms with E-state index in [0.717, 1.165) is 24.8 Å². The van der Waals surface area contributed by atoms with Gasteiger partial charge in [0.25, 0.3) is 0 Å². The summed E-state index contributed by atoms with van der Waals surface area (Å²) in [5.74, 6) is 0.130. The number of rotatable bonds is 5. The van der Waals surface area contributed by atoms with Crippen LogP contribution in [0.2, 0.25) is 0 Å². The maximum atomic E-state index is 11.1. The van der Waals surface area contributed by atoms with Crippen molar-refractivity contribution in [3.8, 4) is 0 Å². The van der Waals surface area contributed by atoms with Crippen molar-refractivity contribution in [2.24, 2.45) is 0 Å². The normalized spacial score (nSPS) is 10.3. The number of carbonyl (C=O) groups is 2. The van der Waals surface area contributed by atoms with E-state index in [1.165, 1.54) is 5.56 Å². The van der Waals surface area contributed by atoms with Gasteiger partial charge in [-0.2, -0.15) is 0 Å². The molecule has 0 saturated carbocycles. The molecule has 0 spiro atoms. The maximum absolute atomic E-state index is 11.1. The molecule has 1 aromatic carbocycles. The number of ketones is 1. The summed E-state index contributed by atoms with van der Waals surface area (Å²) in [6, 6.07) is 10.1. The van der Waals surface area contributed by atoms with Gasteiger partial charge in [-0.05, 0) is 37.0 Å². The van der Waals surface area contributed by atoms with Crippen LogP contribution >= 0.6 is 0 Å². The molecular formula is C15H20O4. The van der Waals surface area contributed by atoms with E-state index < -0.39 is 6.16 Å². The molecule has 0 aliphatic rings. The Morgan fingerprint density at radius 3 is 2.11 bits per heavy atom. The molecule has 0 radical (unpaired) electrons. The lowest BCUT2D eigenvalue weighted by atomic mass is 9.99. The third-order valence-electron chi connectivity index (χ3n) is 2.32. The molecule has 0 bridgehead atoms. The molecule has 104 valence electrons. The van der Waals surface area contributed by atoms with E-state index >= 15 is 0 Å². The van der Waals surface area contributed by atoms with Crippen molar-refractivity contribution in [2.75, 3.05) is 0 Å². The van der Waals surface area contributed by atoms with Crippen LogP contribution in [0.1, 0.15) is 38.7 Å². The average molecular weight is 264 g/mol. The van der Waals surface area contributed by atoms with Gasteiger partial charge in [-0.15, -0.1) is 0 Å². The smallest absolute Gasteiger partial charge is 0.450 e. The van der Waals surface area contributed by atoms with Gasteiger partial charge in [0.2, 0.25) is 0 Å². The van der Waals surface area contributed by atoms with E-state index in [1.807, 2.05) is 18.2 Å². The number of allylic oxidation sites excluding steroid dienone is 2. The molecule has 0 saturated heterocycles. The molecule has 0 aliphatic heterocycles. The first-order valence-corrected chi connectivity index (χ1v) is 6.15. The Morgan fingerprint density at radius 2 is 1.68 bits per heavy atom. The molecule has 4 nitrogen and oxygen atoms in total. The number of carboxylic acid groups (broad SMARTS) is 2. The fraction of sp³-hybridized carbons (Fsp3) is 0.333. The molecule has 0 aromatic heterocycles. The Hall–Kier alpha value is -2.10. The van der Waals surface area contributed by atoms with Crippen molar-refractivity contribution < 1.29 is 19.8 Å². The summed E-state index contributed by atoms with van der Waals surface area (Å²) in [6.45, 7) is 3.77. The van der Waals surface area contributed by atoms with Crippen molar-refractivity contribution in [1.29, 1.82) is 0 Å². The molecule has 1 rings (SSSR count). The lowest BCUT2D eigenvalue weighted by Gasteiger charge is -2.06. The summed E-state index contributed by atoms with van der Waals surface area (Å²) in [5, 5.41) is 13.9. The lowest BCUT2D eigenvalue weighted by Crippen LogP contribution is -1.90. The molecule has 19 heavy (non-hydrogen) atoms. The molecule has 0 atom stereocenters. The zero-order valence-corrected chi connectivity index (χ0v) is 11.3. The summed E-state index contributed by atoms with van der Waals surface area (Å²) in [7, 11) is 0. The second-order valence-electron chi connectivity index (χ2n) is 4.03. The van der Waals surface area contributed by atoms with Crippen LogP contribution < -0.4 is 0 Å². The molecule has 0 aliphatic carbocycles. The predicted molar refractivity (Wildman–Crippen MR) is 75.3 cm³/mol. The molecule has 2 N–H and O–H groups in total. The Morgan fingerprint density at radius 1 is 1.16 bits per heavy atom. The van der Waals surface area contributed by atoms with Gasteiger partial charge in [-0.1, -0.05) is 43.7 Å². The van der Waals surface area contributed by atoms with Crippen LogP contribution in [-0.4, -0.2) is 22.2 Å². The van der Waals surface area contributed by atoms with E-state index in [9.17, 15) is 4.79 Å². The summed E-state index contributed by atoms with van der Waals surface area (Å²) in [6.07, 6.45) is 3.20. The minimum absolute atomic E-state index is 0.130. The summed E-state index contributed by atoms with van der Waals surface area (Å²) in [5.41, 5.74) is 2.33. The fourth-order valence-electron chi connectivity index (χ4n) is 1.56. The van der Waals surface area contributed by atoms with Gasteiger partial charge in [0.15, 0.2) is 5.78 Å². The number of unbranched alkanes of at least 4 members (excludes halogenated alkanes) is 1. The predicted octanol–water partition coefficient (Wildman–Crippen LogP) is 4.07. The van der Waals surface area contributed by atoms with Crippen molar-refractivity contribution in [2.45, 2.75) is 33.1 Å². The Kier molecular flexibility index (Phi) is 8.79. The van der Waals surface area contributed by atoms with Crippen LogP contribution in [-0.2, 0) is 4.79 Å². The summed E-state index contributed by atoms with van der Waals surface area (Å²) >= 11 is 0. The third kappa shape index (κ3) is 9.59. The molecule has 4 heteroatoms. The second kappa shape index (κ2) is 9.88. The van der Waals surface area contributed by atoms with Gasteiger partial charge in [-0.25, -0.2) is 4.79 Å². The molecular weight excluding hydrogens is 244 g/mol. The topological polar surface area (TPSA) is 74.6 Å². The first-order chi connectivity index (χ1) is 8.97. The second-order valence-corrected chi connectivity index (χ2v) is 4.03. The highest BCUT2D eigenvalue weighted by atomic mass is 16.6. The number of benzene rings is 1. The SMILES string of the molecule is CCCCC(=CC(C)=O)c1ccccc1.O=C(O)O. The zero-order valence-electron chi connectivity index (χ0n) is 11.3. The molecule has 0 amide bonds. The minimum atomic E-state index is -1.83. The van der Waals surface area contributed by atoms with Gasteiger partial charge >= 0.3 is 6.16 Å². The quantitative estimate of drug-likeness (QED) is 0.786. The highest BCUT2D eigenvalue weighted by molar-refractivity contribution is 5.95. The number of hydrogen-bond donors (Lipinski definition) is 2. The first-order valence-electron chi connectivity index (χ1n) is 6.15.